The van der Waals surface area contributed by atoms with Crippen LogP contribution in [0, 0.1) is 5.92 Å². The predicted octanol–water partition coefficient (Wildman–Crippen LogP) is 3.66. The first-order chi connectivity index (χ1) is 4.42. The SMILES string of the molecule is CC(Cl)C(Cl)(Cl)C(C)CCl. The van der Waals surface area contributed by atoms with Gasteiger partial charge in [-0.1, -0.05) is 30.1 Å². The summed E-state index contributed by atoms with van der Waals surface area (Å²) in [7, 11) is 0. The lowest BCUT2D eigenvalue weighted by Crippen LogP contribution is -2.32. The van der Waals surface area contributed by atoms with Gasteiger partial charge in [-0.15, -0.1) is 23.2 Å². The molecule has 0 rings (SSSR count). The van der Waals surface area contributed by atoms with E-state index in [1.807, 2.05) is 6.92 Å². The molecule has 0 nitrogen and oxygen atoms in total. The molecule has 4 heteroatoms. The lowest BCUT2D eigenvalue weighted by molar-refractivity contribution is 0.547. The van der Waals surface area contributed by atoms with E-state index in [0.29, 0.717) is 5.88 Å². The highest BCUT2D eigenvalue weighted by atomic mass is 35.5. The second-order valence-electron chi connectivity index (χ2n) is 2.35. The average Bonchev–Trinajstić information content (AvgIpc) is 1.86. The highest BCUT2D eigenvalue weighted by molar-refractivity contribution is 6.52. The Morgan fingerprint density at radius 1 is 1.30 bits per heavy atom. The maximum Gasteiger partial charge on any atom is 0.137 e. The molecule has 0 aliphatic carbocycles. The van der Waals surface area contributed by atoms with Crippen LogP contribution in [-0.2, 0) is 0 Å². The summed E-state index contributed by atoms with van der Waals surface area (Å²) in [5.41, 5.74) is 0. The first-order valence-corrected chi connectivity index (χ1v) is 4.73. The van der Waals surface area contributed by atoms with E-state index in [1.54, 1.807) is 6.92 Å². The summed E-state index contributed by atoms with van der Waals surface area (Å²) >= 11 is 23.0. The van der Waals surface area contributed by atoms with Crippen molar-refractivity contribution in [1.29, 1.82) is 0 Å². The fourth-order valence-corrected chi connectivity index (χ4v) is 1.27. The topological polar surface area (TPSA) is 0 Å². The first kappa shape index (κ1) is 11.2. The standard InChI is InChI=1S/C6H10Cl4/c1-4(3-7)6(9,10)5(2)8/h4-5H,3H2,1-2H3. The minimum absolute atomic E-state index is 0.00463. The molecule has 2 atom stereocenters. The maximum atomic E-state index is 5.87. The van der Waals surface area contributed by atoms with Crippen molar-refractivity contribution in [3.63, 3.8) is 0 Å². The number of halogens is 4. The van der Waals surface area contributed by atoms with Crippen LogP contribution in [0.15, 0.2) is 0 Å². The van der Waals surface area contributed by atoms with Gasteiger partial charge in [-0.2, -0.15) is 0 Å². The summed E-state index contributed by atoms with van der Waals surface area (Å²) < 4.78 is -0.913. The summed E-state index contributed by atoms with van der Waals surface area (Å²) in [6.07, 6.45) is 0. The molecule has 2 unspecified atom stereocenters. The molecule has 0 radical (unpaired) electrons. The number of alkyl halides is 4. The number of rotatable bonds is 3. The predicted molar refractivity (Wildman–Crippen MR) is 49.6 cm³/mol. The fraction of sp³-hybridized carbons (Fsp3) is 1.00. The molecule has 0 fully saturated rings. The van der Waals surface area contributed by atoms with Gasteiger partial charge in [0.05, 0.1) is 5.38 Å². The van der Waals surface area contributed by atoms with Gasteiger partial charge in [0.2, 0.25) is 0 Å². The second-order valence-corrected chi connectivity index (χ2v) is 4.75. The second kappa shape index (κ2) is 4.25. The monoisotopic (exact) mass is 222 g/mol. The van der Waals surface area contributed by atoms with Crippen LogP contribution in [0.2, 0.25) is 0 Å². The van der Waals surface area contributed by atoms with Gasteiger partial charge in [-0.3, -0.25) is 0 Å². The van der Waals surface area contributed by atoms with E-state index in [9.17, 15) is 0 Å². The third-order valence-electron chi connectivity index (χ3n) is 1.42. The van der Waals surface area contributed by atoms with Crippen LogP contribution < -0.4 is 0 Å². The van der Waals surface area contributed by atoms with Crippen molar-refractivity contribution in [2.75, 3.05) is 5.88 Å². The third kappa shape index (κ3) is 2.65. The van der Waals surface area contributed by atoms with E-state index in [1.165, 1.54) is 0 Å². The summed E-state index contributed by atoms with van der Waals surface area (Å²) in [6.45, 7) is 3.62. The van der Waals surface area contributed by atoms with E-state index >= 15 is 0 Å². The van der Waals surface area contributed by atoms with Crippen molar-refractivity contribution in [3.05, 3.63) is 0 Å². The molecule has 0 aromatic heterocycles. The van der Waals surface area contributed by atoms with Crippen LogP contribution in [0.3, 0.4) is 0 Å². The van der Waals surface area contributed by atoms with Gasteiger partial charge < -0.3 is 0 Å². The van der Waals surface area contributed by atoms with Crippen molar-refractivity contribution in [2.24, 2.45) is 5.92 Å². The third-order valence-corrected chi connectivity index (χ3v) is 3.85. The number of hydrogen-bond donors (Lipinski definition) is 0. The van der Waals surface area contributed by atoms with Gasteiger partial charge in [-0.05, 0) is 6.92 Å². The van der Waals surface area contributed by atoms with Crippen molar-refractivity contribution in [1.82, 2.24) is 0 Å². The summed E-state index contributed by atoms with van der Waals surface area (Å²) in [6, 6.07) is 0. The lowest BCUT2D eigenvalue weighted by Gasteiger charge is -2.27. The molecular weight excluding hydrogens is 214 g/mol. The van der Waals surface area contributed by atoms with Crippen LogP contribution in [0.25, 0.3) is 0 Å². The molecule has 0 heterocycles. The highest BCUT2D eigenvalue weighted by Crippen LogP contribution is 2.37. The molecule has 0 spiro atoms. The van der Waals surface area contributed by atoms with E-state index < -0.39 is 4.33 Å². The normalized spacial score (nSPS) is 18.6. The first-order valence-electron chi connectivity index (χ1n) is 3.00. The highest BCUT2D eigenvalue weighted by Gasteiger charge is 2.35. The molecule has 0 bridgehead atoms. The average molecular weight is 224 g/mol. The number of hydrogen-bond acceptors (Lipinski definition) is 0. The Bertz CT molecular complexity index is 99.9. The Morgan fingerprint density at radius 3 is 1.80 bits per heavy atom. The minimum Gasteiger partial charge on any atom is -0.126 e. The van der Waals surface area contributed by atoms with Crippen molar-refractivity contribution in [3.8, 4) is 0 Å². The molecule has 0 aromatic rings. The van der Waals surface area contributed by atoms with Crippen LogP contribution in [0.5, 0.6) is 0 Å². The van der Waals surface area contributed by atoms with Crippen LogP contribution in [-0.4, -0.2) is 15.6 Å². The molecule has 0 aliphatic heterocycles. The Labute approximate surface area is 81.8 Å². The molecule has 0 saturated heterocycles. The summed E-state index contributed by atoms with van der Waals surface area (Å²) in [5.74, 6) is 0.425. The van der Waals surface area contributed by atoms with Gasteiger partial charge in [0.15, 0.2) is 0 Å². The molecule has 10 heavy (non-hydrogen) atoms. The molecule has 0 saturated carbocycles. The smallest absolute Gasteiger partial charge is 0.126 e. The summed E-state index contributed by atoms with van der Waals surface area (Å²) in [4.78, 5) is 0. The van der Waals surface area contributed by atoms with Crippen molar-refractivity contribution in [2.45, 2.75) is 23.6 Å². The minimum atomic E-state index is -0.913. The Morgan fingerprint density at radius 2 is 1.70 bits per heavy atom. The summed E-state index contributed by atoms with van der Waals surface area (Å²) in [5, 5.41) is -0.287. The van der Waals surface area contributed by atoms with E-state index in [4.69, 9.17) is 46.4 Å². The quantitative estimate of drug-likeness (QED) is 0.641. The van der Waals surface area contributed by atoms with Gasteiger partial charge in [0.1, 0.15) is 4.33 Å². The molecule has 0 amide bonds. The fourth-order valence-electron chi connectivity index (χ4n) is 0.495. The van der Waals surface area contributed by atoms with Crippen LogP contribution in [0.1, 0.15) is 13.8 Å². The van der Waals surface area contributed by atoms with Crippen molar-refractivity contribution < 1.29 is 0 Å². The zero-order valence-electron chi connectivity index (χ0n) is 5.87. The van der Waals surface area contributed by atoms with Gasteiger partial charge in [-0.25, -0.2) is 0 Å². The van der Waals surface area contributed by atoms with Gasteiger partial charge in [0.25, 0.3) is 0 Å². The largest absolute Gasteiger partial charge is 0.137 e. The maximum absolute atomic E-state index is 5.87. The lowest BCUT2D eigenvalue weighted by atomic mass is 10.1. The Balaban J connectivity index is 4.09. The van der Waals surface area contributed by atoms with Crippen LogP contribution in [0.4, 0.5) is 0 Å². The molecule has 62 valence electrons. The Hall–Kier alpha value is 1.16. The van der Waals surface area contributed by atoms with Gasteiger partial charge in [0, 0.05) is 11.8 Å². The molecule has 0 aromatic carbocycles. The zero-order valence-corrected chi connectivity index (χ0v) is 8.90. The zero-order chi connectivity index (χ0) is 8.36. The van der Waals surface area contributed by atoms with E-state index in [0.717, 1.165) is 0 Å². The van der Waals surface area contributed by atoms with E-state index in [-0.39, 0.29) is 11.3 Å². The molecular formula is C6H10Cl4. The van der Waals surface area contributed by atoms with Crippen LogP contribution >= 0.6 is 46.4 Å². The molecule has 0 N–H and O–H groups in total. The van der Waals surface area contributed by atoms with Gasteiger partial charge >= 0.3 is 0 Å². The van der Waals surface area contributed by atoms with Crippen molar-refractivity contribution >= 4 is 46.4 Å². The Kier molecular flexibility index (Phi) is 4.74. The molecule has 0 aliphatic rings. The van der Waals surface area contributed by atoms with E-state index in [2.05, 4.69) is 0 Å².